The lowest BCUT2D eigenvalue weighted by Crippen LogP contribution is -2.61. The van der Waals surface area contributed by atoms with E-state index in [0.717, 1.165) is 10.5 Å². The minimum Gasteiger partial charge on any atom is -0.469 e. The van der Waals surface area contributed by atoms with E-state index >= 15 is 0 Å². The Kier molecular flexibility index (Phi) is 8.33. The summed E-state index contributed by atoms with van der Waals surface area (Å²) < 4.78 is 10.5. The van der Waals surface area contributed by atoms with Crippen LogP contribution in [0, 0.1) is 5.92 Å². The van der Waals surface area contributed by atoms with Gasteiger partial charge in [0.1, 0.15) is 12.4 Å². The third-order valence-corrected chi connectivity index (χ3v) is 6.85. The van der Waals surface area contributed by atoms with Gasteiger partial charge in [0.05, 0.1) is 30.9 Å². The lowest BCUT2D eigenvalue weighted by Gasteiger charge is -2.46. The van der Waals surface area contributed by atoms with Gasteiger partial charge in [0.2, 0.25) is 0 Å². The first kappa shape index (κ1) is 23.9. The topological polar surface area (TPSA) is 72.9 Å². The van der Waals surface area contributed by atoms with Crippen LogP contribution in [0.1, 0.15) is 32.3 Å². The molecule has 1 aliphatic rings. The number of methoxy groups -OCH3 is 1. The molecule has 0 aliphatic carbocycles. The summed E-state index contributed by atoms with van der Waals surface area (Å²) in [7, 11) is 1.30. The van der Waals surface area contributed by atoms with Crippen molar-refractivity contribution in [3.63, 3.8) is 0 Å². The molecule has 0 spiro atoms. The Morgan fingerprint density at radius 1 is 1.06 bits per heavy atom. The molecule has 0 saturated carbocycles. The number of Topliss-reactive ketones (excluding diaryl/α,β-unsaturated/α-hetero) is 1. The fourth-order valence-electron chi connectivity index (χ4n) is 3.99. The minimum atomic E-state index is -0.599. The van der Waals surface area contributed by atoms with Gasteiger partial charge in [0, 0.05) is 11.3 Å². The number of carbonyl (C=O) groups is 3. The van der Waals surface area contributed by atoms with Crippen molar-refractivity contribution in [2.24, 2.45) is 5.92 Å². The molecular weight excluding hydrogens is 426 g/mol. The van der Waals surface area contributed by atoms with E-state index in [1.807, 2.05) is 74.5 Å². The molecule has 6 nitrogen and oxygen atoms in total. The predicted octanol–water partition coefficient (Wildman–Crippen LogP) is 4.72. The number of amides is 1. The quantitative estimate of drug-likeness (QED) is 0.563. The number of ether oxygens (including phenoxy) is 2. The second-order valence-corrected chi connectivity index (χ2v) is 9.35. The van der Waals surface area contributed by atoms with Gasteiger partial charge in [0.15, 0.2) is 0 Å². The van der Waals surface area contributed by atoms with Crippen LogP contribution in [-0.2, 0) is 25.7 Å². The maximum atomic E-state index is 13.3. The van der Waals surface area contributed by atoms with Crippen LogP contribution in [0.3, 0.4) is 0 Å². The van der Waals surface area contributed by atoms with Gasteiger partial charge >= 0.3 is 12.1 Å². The van der Waals surface area contributed by atoms with E-state index in [9.17, 15) is 14.4 Å². The summed E-state index contributed by atoms with van der Waals surface area (Å²) in [5.41, 5.74) is 0.870. The fourth-order valence-corrected chi connectivity index (χ4v) is 5.41. The van der Waals surface area contributed by atoms with Crippen LogP contribution in [0.2, 0.25) is 0 Å². The molecule has 0 aromatic heterocycles. The lowest BCUT2D eigenvalue weighted by molar-refractivity contribution is -0.143. The van der Waals surface area contributed by atoms with Crippen molar-refractivity contribution >= 4 is 29.6 Å². The largest absolute Gasteiger partial charge is 0.469 e. The average molecular weight is 456 g/mol. The molecule has 7 heteroatoms. The zero-order valence-corrected chi connectivity index (χ0v) is 19.4. The van der Waals surface area contributed by atoms with Crippen molar-refractivity contribution in [1.29, 1.82) is 0 Å². The number of rotatable bonds is 7. The predicted molar refractivity (Wildman–Crippen MR) is 123 cm³/mol. The molecular formula is C25H29NO5S. The van der Waals surface area contributed by atoms with Gasteiger partial charge in [-0.25, -0.2) is 4.79 Å². The van der Waals surface area contributed by atoms with E-state index in [4.69, 9.17) is 9.47 Å². The van der Waals surface area contributed by atoms with Crippen molar-refractivity contribution in [2.75, 3.05) is 7.11 Å². The molecule has 170 valence electrons. The molecule has 1 aliphatic heterocycles. The average Bonchev–Trinajstić information content (AvgIpc) is 2.80. The monoisotopic (exact) mass is 455 g/mol. The first-order valence-corrected chi connectivity index (χ1v) is 11.6. The molecule has 1 amide bonds. The molecule has 0 unspecified atom stereocenters. The molecule has 1 heterocycles. The van der Waals surface area contributed by atoms with Crippen molar-refractivity contribution in [1.82, 2.24) is 4.90 Å². The molecule has 3 rings (SSSR count). The molecule has 0 N–H and O–H groups in total. The third kappa shape index (κ3) is 5.91. The zero-order chi connectivity index (χ0) is 23.1. The number of hydrogen-bond donors (Lipinski definition) is 0. The summed E-state index contributed by atoms with van der Waals surface area (Å²) in [6.07, 6.45) is -0.481. The Labute approximate surface area is 193 Å². The Morgan fingerprint density at radius 3 is 2.28 bits per heavy atom. The number of thioether (sulfide) groups is 1. The van der Waals surface area contributed by atoms with Crippen LogP contribution in [0.4, 0.5) is 4.79 Å². The molecule has 2 aromatic carbocycles. The number of piperidine rings is 1. The highest BCUT2D eigenvalue weighted by atomic mass is 32.2. The van der Waals surface area contributed by atoms with Crippen LogP contribution in [-0.4, -0.2) is 47.2 Å². The highest BCUT2D eigenvalue weighted by Crippen LogP contribution is 2.38. The Hall–Kier alpha value is -2.80. The molecule has 1 fully saturated rings. The number of benzene rings is 2. The van der Waals surface area contributed by atoms with Crippen LogP contribution in [0.15, 0.2) is 65.6 Å². The van der Waals surface area contributed by atoms with E-state index in [1.54, 1.807) is 4.90 Å². The SMILES string of the molecule is COC(=O)C[C@@H]1CC(=O)[C@@H](Sc2ccccc2)[C@H](C(C)C)N1C(=O)OCc1ccccc1. The number of carbonyl (C=O) groups excluding carboxylic acids is 3. The lowest BCUT2D eigenvalue weighted by atomic mass is 9.86. The van der Waals surface area contributed by atoms with E-state index in [0.29, 0.717) is 0 Å². The standard InChI is InChI=1S/C25H29NO5S/c1-17(2)23-24(32-20-12-8-5-9-13-20)21(27)14-19(15-22(28)30-3)26(23)25(29)31-16-18-10-6-4-7-11-18/h4-13,17,19,23-24H,14-16H2,1-3H3/t19-,23-,24+/m0/s1. The number of ketones is 1. The van der Waals surface area contributed by atoms with Gasteiger partial charge in [-0.1, -0.05) is 62.4 Å². The second-order valence-electron chi connectivity index (χ2n) is 8.14. The van der Waals surface area contributed by atoms with Crippen LogP contribution < -0.4 is 0 Å². The number of esters is 1. The van der Waals surface area contributed by atoms with Crippen molar-refractivity contribution < 1.29 is 23.9 Å². The van der Waals surface area contributed by atoms with Crippen molar-refractivity contribution in [3.05, 3.63) is 66.2 Å². The first-order valence-electron chi connectivity index (χ1n) is 10.7. The van der Waals surface area contributed by atoms with Gasteiger partial charge in [-0.05, 0) is 23.6 Å². The molecule has 1 saturated heterocycles. The minimum absolute atomic E-state index is 0.0233. The van der Waals surface area contributed by atoms with Crippen molar-refractivity contribution in [3.8, 4) is 0 Å². The van der Waals surface area contributed by atoms with Crippen LogP contribution in [0.5, 0.6) is 0 Å². The zero-order valence-electron chi connectivity index (χ0n) is 18.6. The van der Waals surface area contributed by atoms with Gasteiger partial charge < -0.3 is 9.47 Å². The highest BCUT2D eigenvalue weighted by Gasteiger charge is 2.47. The van der Waals surface area contributed by atoms with E-state index < -0.39 is 29.4 Å². The normalized spacial score (nSPS) is 20.8. The van der Waals surface area contributed by atoms with Gasteiger partial charge in [0.25, 0.3) is 0 Å². The van der Waals surface area contributed by atoms with Crippen molar-refractivity contribution in [2.45, 2.75) is 55.5 Å². The summed E-state index contributed by atoms with van der Waals surface area (Å²) >= 11 is 1.46. The summed E-state index contributed by atoms with van der Waals surface area (Å²) in [5.74, 6) is -0.455. The Morgan fingerprint density at radius 2 is 1.69 bits per heavy atom. The smallest absolute Gasteiger partial charge is 0.410 e. The van der Waals surface area contributed by atoms with E-state index in [1.165, 1.54) is 18.9 Å². The Bertz CT molecular complexity index is 918. The van der Waals surface area contributed by atoms with E-state index in [-0.39, 0.29) is 31.1 Å². The van der Waals surface area contributed by atoms with Crippen LogP contribution in [0.25, 0.3) is 0 Å². The number of likely N-dealkylation sites (tertiary alicyclic amines) is 1. The van der Waals surface area contributed by atoms with Crippen LogP contribution >= 0.6 is 11.8 Å². The third-order valence-electron chi connectivity index (χ3n) is 5.51. The molecule has 32 heavy (non-hydrogen) atoms. The van der Waals surface area contributed by atoms with E-state index in [2.05, 4.69) is 0 Å². The molecule has 3 atom stereocenters. The Balaban J connectivity index is 1.88. The van der Waals surface area contributed by atoms with Gasteiger partial charge in [-0.2, -0.15) is 0 Å². The maximum absolute atomic E-state index is 13.3. The van der Waals surface area contributed by atoms with Gasteiger partial charge in [-0.15, -0.1) is 11.8 Å². The molecule has 0 radical (unpaired) electrons. The summed E-state index contributed by atoms with van der Waals surface area (Å²) in [4.78, 5) is 41.1. The second kappa shape index (κ2) is 11.2. The fraction of sp³-hybridized carbons (Fsp3) is 0.400. The molecule has 0 bridgehead atoms. The summed E-state index contributed by atoms with van der Waals surface area (Å²) in [5, 5.41) is -0.449. The van der Waals surface area contributed by atoms with Gasteiger partial charge in [-0.3, -0.25) is 14.5 Å². The summed E-state index contributed by atoms with van der Waals surface area (Å²) in [6.45, 7) is 4.08. The summed E-state index contributed by atoms with van der Waals surface area (Å²) in [6, 6.07) is 18.1. The first-order chi connectivity index (χ1) is 15.4. The maximum Gasteiger partial charge on any atom is 0.410 e. The highest BCUT2D eigenvalue weighted by molar-refractivity contribution is 8.00. The number of nitrogens with zero attached hydrogens (tertiary/aromatic N) is 1. The number of hydrogen-bond acceptors (Lipinski definition) is 6. The molecule has 2 aromatic rings.